The van der Waals surface area contributed by atoms with Crippen LogP contribution in [0.4, 0.5) is 11.4 Å². The first-order chi connectivity index (χ1) is 12.6. The summed E-state index contributed by atoms with van der Waals surface area (Å²) in [5.74, 6) is 0. The van der Waals surface area contributed by atoms with Crippen molar-refractivity contribution in [3.8, 4) is 0 Å². The molecule has 0 spiro atoms. The number of nitrogens with zero attached hydrogens (tertiary/aromatic N) is 4. The minimum Gasteiger partial charge on any atom is -0.401 e. The molecular formula is C20H26N6. The molecular weight excluding hydrogens is 324 g/mol. The summed E-state index contributed by atoms with van der Waals surface area (Å²) in [5.41, 5.74) is 17.7. The average molecular weight is 350 g/mol. The molecule has 2 aliphatic rings. The molecule has 4 rings (SSSR count). The number of hydrogen-bond donors (Lipinski definition) is 2. The number of hydrogen-bond acceptors (Lipinski definition) is 5. The Morgan fingerprint density at radius 3 is 2.85 bits per heavy atom. The summed E-state index contributed by atoms with van der Waals surface area (Å²) in [6, 6.07) is 8.95. The second-order valence-electron chi connectivity index (χ2n) is 7.15. The fourth-order valence-corrected chi connectivity index (χ4v) is 3.73. The van der Waals surface area contributed by atoms with Crippen LogP contribution in [0, 0.1) is 0 Å². The van der Waals surface area contributed by atoms with Gasteiger partial charge in [-0.05, 0) is 37.1 Å². The van der Waals surface area contributed by atoms with Gasteiger partial charge in [0.2, 0.25) is 0 Å². The molecule has 0 amide bonds. The zero-order chi connectivity index (χ0) is 18.1. The van der Waals surface area contributed by atoms with Crippen LogP contribution in [0.5, 0.6) is 0 Å². The van der Waals surface area contributed by atoms with E-state index in [2.05, 4.69) is 45.2 Å². The van der Waals surface area contributed by atoms with E-state index in [9.17, 15) is 0 Å². The smallest absolute Gasteiger partial charge is 0.0800 e. The SMILES string of the molecule is Cn1cc(N2CC(N)=CC=C2c2cccc(N3CCC[C@H](N)C3)c2)cn1. The highest BCUT2D eigenvalue weighted by Gasteiger charge is 2.21. The molecule has 136 valence electrons. The van der Waals surface area contributed by atoms with Gasteiger partial charge < -0.3 is 21.3 Å². The Kier molecular flexibility index (Phi) is 4.42. The van der Waals surface area contributed by atoms with Crippen molar-refractivity contribution in [3.63, 3.8) is 0 Å². The fourth-order valence-electron chi connectivity index (χ4n) is 3.73. The van der Waals surface area contributed by atoms with E-state index in [0.29, 0.717) is 6.54 Å². The van der Waals surface area contributed by atoms with Crippen LogP contribution in [-0.4, -0.2) is 35.5 Å². The highest BCUT2D eigenvalue weighted by molar-refractivity contribution is 5.83. The van der Waals surface area contributed by atoms with Crippen molar-refractivity contribution in [2.24, 2.45) is 18.5 Å². The largest absolute Gasteiger partial charge is 0.401 e. The van der Waals surface area contributed by atoms with Crippen molar-refractivity contribution in [2.75, 3.05) is 29.4 Å². The molecule has 0 saturated carbocycles. The number of benzene rings is 1. The summed E-state index contributed by atoms with van der Waals surface area (Å²) in [5, 5.41) is 4.31. The van der Waals surface area contributed by atoms with Gasteiger partial charge in [0.05, 0.1) is 18.4 Å². The van der Waals surface area contributed by atoms with Crippen LogP contribution >= 0.6 is 0 Å². The van der Waals surface area contributed by atoms with Crippen LogP contribution in [0.1, 0.15) is 18.4 Å². The van der Waals surface area contributed by atoms with Crippen LogP contribution < -0.4 is 21.3 Å². The van der Waals surface area contributed by atoms with Gasteiger partial charge in [-0.1, -0.05) is 12.1 Å². The van der Waals surface area contributed by atoms with Crippen LogP contribution in [-0.2, 0) is 7.05 Å². The Bertz CT molecular complexity index is 849. The number of aromatic nitrogens is 2. The Labute approximate surface area is 154 Å². The molecule has 6 nitrogen and oxygen atoms in total. The number of anilines is 2. The zero-order valence-corrected chi connectivity index (χ0v) is 15.2. The number of rotatable bonds is 3. The van der Waals surface area contributed by atoms with E-state index in [0.717, 1.165) is 43.0 Å². The lowest BCUT2D eigenvalue weighted by Crippen LogP contribution is -2.42. The van der Waals surface area contributed by atoms with Gasteiger partial charge in [-0.25, -0.2) is 0 Å². The summed E-state index contributed by atoms with van der Waals surface area (Å²) in [4.78, 5) is 4.60. The van der Waals surface area contributed by atoms with Gasteiger partial charge in [-0.15, -0.1) is 0 Å². The van der Waals surface area contributed by atoms with E-state index < -0.39 is 0 Å². The van der Waals surface area contributed by atoms with Crippen molar-refractivity contribution in [3.05, 3.63) is 60.1 Å². The predicted octanol–water partition coefficient (Wildman–Crippen LogP) is 2.05. The van der Waals surface area contributed by atoms with E-state index in [1.807, 2.05) is 30.2 Å². The highest BCUT2D eigenvalue weighted by Crippen LogP contribution is 2.31. The van der Waals surface area contributed by atoms with Crippen LogP contribution in [0.3, 0.4) is 0 Å². The topological polar surface area (TPSA) is 76.3 Å². The third kappa shape index (κ3) is 3.32. The maximum Gasteiger partial charge on any atom is 0.0800 e. The Hall–Kier alpha value is -2.73. The monoisotopic (exact) mass is 350 g/mol. The van der Waals surface area contributed by atoms with Gasteiger partial charge in [-0.3, -0.25) is 4.68 Å². The molecule has 4 N–H and O–H groups in total. The number of aryl methyl sites for hydroxylation is 1. The molecule has 2 aliphatic heterocycles. The van der Waals surface area contributed by atoms with E-state index >= 15 is 0 Å². The first-order valence-electron chi connectivity index (χ1n) is 9.13. The second-order valence-corrected chi connectivity index (χ2v) is 7.15. The minimum absolute atomic E-state index is 0.260. The number of nitrogens with two attached hydrogens (primary N) is 2. The molecule has 1 aromatic heterocycles. The summed E-state index contributed by atoms with van der Waals surface area (Å²) in [6.45, 7) is 2.65. The number of allylic oxidation sites excluding steroid dienone is 2. The number of piperidine rings is 1. The Balaban J connectivity index is 1.67. The van der Waals surface area contributed by atoms with Crippen LogP contribution in [0.15, 0.2) is 54.5 Å². The third-order valence-corrected chi connectivity index (χ3v) is 5.05. The zero-order valence-electron chi connectivity index (χ0n) is 15.2. The van der Waals surface area contributed by atoms with Gasteiger partial charge in [0.1, 0.15) is 0 Å². The fraction of sp³-hybridized carbons (Fsp3) is 0.350. The standard InChI is InChI=1S/C20H26N6/c1-24-14-19(11-23-24)26-13-17(22)7-8-20(26)15-4-2-6-18(10-15)25-9-3-5-16(21)12-25/h2,4,6-8,10-11,14,16H,3,5,9,12-13,21-22H2,1H3/t16-/m0/s1. The lowest BCUT2D eigenvalue weighted by Gasteiger charge is -2.34. The molecule has 0 radical (unpaired) electrons. The summed E-state index contributed by atoms with van der Waals surface area (Å²) in [6.07, 6.45) is 10.2. The third-order valence-electron chi connectivity index (χ3n) is 5.05. The maximum absolute atomic E-state index is 6.17. The molecule has 0 bridgehead atoms. The van der Waals surface area contributed by atoms with Crippen LogP contribution in [0.25, 0.3) is 5.70 Å². The quantitative estimate of drug-likeness (QED) is 0.886. The normalized spacial score (nSPS) is 20.8. The maximum atomic E-state index is 6.17. The first-order valence-corrected chi connectivity index (χ1v) is 9.13. The second kappa shape index (κ2) is 6.88. The molecule has 6 heteroatoms. The summed E-state index contributed by atoms with van der Waals surface area (Å²) >= 11 is 0. The van der Waals surface area contributed by atoms with Crippen LogP contribution in [0.2, 0.25) is 0 Å². The molecule has 26 heavy (non-hydrogen) atoms. The van der Waals surface area contributed by atoms with Gasteiger partial charge in [0, 0.05) is 55.0 Å². The van der Waals surface area contributed by atoms with Crippen molar-refractivity contribution in [2.45, 2.75) is 18.9 Å². The van der Waals surface area contributed by atoms with Gasteiger partial charge >= 0.3 is 0 Å². The van der Waals surface area contributed by atoms with Crippen molar-refractivity contribution < 1.29 is 0 Å². The lowest BCUT2D eigenvalue weighted by molar-refractivity contribution is 0.506. The summed E-state index contributed by atoms with van der Waals surface area (Å²) in [7, 11) is 1.93. The molecule has 1 aromatic carbocycles. The minimum atomic E-state index is 0.260. The Morgan fingerprint density at radius 2 is 2.08 bits per heavy atom. The average Bonchev–Trinajstić information content (AvgIpc) is 3.08. The van der Waals surface area contributed by atoms with Crippen molar-refractivity contribution in [1.82, 2.24) is 9.78 Å². The molecule has 0 unspecified atom stereocenters. The molecule has 0 aliphatic carbocycles. The molecule has 3 heterocycles. The van der Waals surface area contributed by atoms with Gasteiger partial charge in [0.25, 0.3) is 0 Å². The molecule has 2 aromatic rings. The van der Waals surface area contributed by atoms with E-state index in [4.69, 9.17) is 11.5 Å². The highest BCUT2D eigenvalue weighted by atomic mass is 15.3. The molecule has 1 saturated heterocycles. The van der Waals surface area contributed by atoms with E-state index in [1.165, 1.54) is 11.3 Å². The van der Waals surface area contributed by atoms with Crippen molar-refractivity contribution >= 4 is 17.1 Å². The Morgan fingerprint density at radius 1 is 1.19 bits per heavy atom. The lowest BCUT2D eigenvalue weighted by atomic mass is 10.0. The van der Waals surface area contributed by atoms with Crippen molar-refractivity contribution in [1.29, 1.82) is 0 Å². The molecule has 1 fully saturated rings. The van der Waals surface area contributed by atoms with Gasteiger partial charge in [0.15, 0.2) is 0 Å². The van der Waals surface area contributed by atoms with E-state index in [-0.39, 0.29) is 6.04 Å². The first kappa shape index (κ1) is 16.7. The van der Waals surface area contributed by atoms with Gasteiger partial charge in [-0.2, -0.15) is 5.10 Å². The van der Waals surface area contributed by atoms with E-state index in [1.54, 1.807) is 0 Å². The molecule has 1 atom stereocenters. The predicted molar refractivity (Wildman–Crippen MR) is 107 cm³/mol. The summed E-state index contributed by atoms with van der Waals surface area (Å²) < 4.78 is 1.81.